The molecule has 1 saturated heterocycles. The highest BCUT2D eigenvalue weighted by atomic mass is 16.5. The number of hydrogen-bond donors (Lipinski definition) is 2. The van der Waals surface area contributed by atoms with E-state index in [1.807, 2.05) is 10.9 Å². The first-order valence-corrected chi connectivity index (χ1v) is 6.76. The number of methoxy groups -OCH3 is 1. The Hall–Kier alpha value is -2.08. The molecule has 0 bridgehead atoms. The van der Waals surface area contributed by atoms with Crippen LogP contribution in [0.1, 0.15) is 29.2 Å². The van der Waals surface area contributed by atoms with Crippen LogP contribution < -0.4 is 11.1 Å². The summed E-state index contributed by atoms with van der Waals surface area (Å²) in [7, 11) is 1.35. The smallest absolute Gasteiger partial charge is 0.340 e. The van der Waals surface area contributed by atoms with Gasteiger partial charge in [-0.2, -0.15) is 5.10 Å². The second-order valence-corrected chi connectivity index (χ2v) is 5.08. The summed E-state index contributed by atoms with van der Waals surface area (Å²) in [6.45, 7) is 2.02. The van der Waals surface area contributed by atoms with E-state index in [9.17, 15) is 4.79 Å². The number of carbonyl (C=O) groups is 1. The zero-order valence-electron chi connectivity index (χ0n) is 11.4. The summed E-state index contributed by atoms with van der Waals surface area (Å²) in [4.78, 5) is 11.6. The number of hydrogen-bond acceptors (Lipinski definition) is 5. The van der Waals surface area contributed by atoms with E-state index in [0.29, 0.717) is 17.3 Å². The molecule has 0 amide bonds. The van der Waals surface area contributed by atoms with Gasteiger partial charge in [0.15, 0.2) is 0 Å². The third kappa shape index (κ3) is 2.22. The highest BCUT2D eigenvalue weighted by Gasteiger charge is 2.18. The summed E-state index contributed by atoms with van der Waals surface area (Å²) < 4.78 is 6.72. The minimum absolute atomic E-state index is 0.371. The molecule has 20 heavy (non-hydrogen) atoms. The van der Waals surface area contributed by atoms with Gasteiger partial charge >= 0.3 is 5.97 Å². The largest absolute Gasteiger partial charge is 0.465 e. The lowest BCUT2D eigenvalue weighted by Crippen LogP contribution is -2.29. The van der Waals surface area contributed by atoms with Crippen molar-refractivity contribution in [1.29, 1.82) is 0 Å². The Kier molecular flexibility index (Phi) is 3.31. The van der Waals surface area contributed by atoms with Crippen LogP contribution in [0, 0.1) is 0 Å². The molecule has 3 rings (SSSR count). The molecule has 6 nitrogen and oxygen atoms in total. The molecule has 6 heteroatoms. The van der Waals surface area contributed by atoms with Crippen molar-refractivity contribution in [3.8, 4) is 0 Å². The van der Waals surface area contributed by atoms with Crippen LogP contribution in [-0.4, -0.2) is 35.9 Å². The average molecular weight is 274 g/mol. The summed E-state index contributed by atoms with van der Waals surface area (Å²) in [6.07, 6.45) is 4.13. The molecule has 0 atom stereocenters. The zero-order valence-corrected chi connectivity index (χ0v) is 11.4. The first-order valence-electron chi connectivity index (χ1n) is 6.76. The van der Waals surface area contributed by atoms with Gasteiger partial charge in [0.25, 0.3) is 0 Å². The molecule has 1 aromatic heterocycles. The number of aromatic nitrogens is 2. The number of anilines is 1. The Morgan fingerprint density at radius 3 is 2.90 bits per heavy atom. The molecule has 0 aliphatic carbocycles. The molecule has 1 aliphatic heterocycles. The number of carbonyl (C=O) groups excluding carboxylic acids is 1. The van der Waals surface area contributed by atoms with Crippen LogP contribution in [0.2, 0.25) is 0 Å². The number of nitrogens with zero attached hydrogens (tertiary/aromatic N) is 2. The predicted molar refractivity (Wildman–Crippen MR) is 76.6 cm³/mol. The second kappa shape index (κ2) is 5.13. The number of ether oxygens (including phenoxy) is 1. The molecule has 3 N–H and O–H groups in total. The maximum Gasteiger partial charge on any atom is 0.340 e. The van der Waals surface area contributed by atoms with Gasteiger partial charge in [-0.05, 0) is 38.1 Å². The molecular formula is C14H18N4O2. The lowest BCUT2D eigenvalue weighted by Gasteiger charge is -2.22. The van der Waals surface area contributed by atoms with Crippen molar-refractivity contribution in [2.45, 2.75) is 18.9 Å². The third-order valence-electron chi connectivity index (χ3n) is 3.78. The van der Waals surface area contributed by atoms with Crippen LogP contribution in [0.3, 0.4) is 0 Å². The minimum Gasteiger partial charge on any atom is -0.465 e. The van der Waals surface area contributed by atoms with Crippen LogP contribution in [-0.2, 0) is 4.74 Å². The molecule has 1 fully saturated rings. The Balaban J connectivity index is 2.00. The summed E-state index contributed by atoms with van der Waals surface area (Å²) in [6, 6.07) is 3.90. The summed E-state index contributed by atoms with van der Waals surface area (Å²) in [5.74, 6) is -0.430. The molecule has 1 aromatic carbocycles. The number of esters is 1. The molecule has 1 aliphatic rings. The number of nitrogen functional groups attached to an aromatic ring is 1. The normalized spacial score (nSPS) is 16.4. The van der Waals surface area contributed by atoms with E-state index in [0.717, 1.165) is 36.8 Å². The fraction of sp³-hybridized carbons (Fsp3) is 0.429. The van der Waals surface area contributed by atoms with Crippen molar-refractivity contribution in [3.63, 3.8) is 0 Å². The van der Waals surface area contributed by atoms with Gasteiger partial charge < -0.3 is 15.8 Å². The number of nitrogens with one attached hydrogen (secondary N) is 1. The molecule has 106 valence electrons. The molecular weight excluding hydrogens is 256 g/mol. The fourth-order valence-electron chi connectivity index (χ4n) is 2.65. The van der Waals surface area contributed by atoms with Gasteiger partial charge in [0.1, 0.15) is 0 Å². The van der Waals surface area contributed by atoms with Crippen LogP contribution in [0.15, 0.2) is 18.3 Å². The van der Waals surface area contributed by atoms with E-state index in [4.69, 9.17) is 10.5 Å². The number of nitrogens with two attached hydrogens (primary N) is 1. The number of piperidine rings is 1. The first kappa shape index (κ1) is 12.9. The summed E-state index contributed by atoms with van der Waals surface area (Å²) in [5.41, 5.74) is 7.48. The lowest BCUT2D eigenvalue weighted by atomic mass is 10.1. The van der Waals surface area contributed by atoms with Crippen molar-refractivity contribution in [3.05, 3.63) is 23.9 Å². The number of benzene rings is 1. The average Bonchev–Trinajstić information content (AvgIpc) is 2.89. The molecule has 2 heterocycles. The molecule has 0 radical (unpaired) electrons. The van der Waals surface area contributed by atoms with E-state index >= 15 is 0 Å². The van der Waals surface area contributed by atoms with Crippen LogP contribution in [0.25, 0.3) is 10.9 Å². The maximum absolute atomic E-state index is 11.6. The topological polar surface area (TPSA) is 82.2 Å². The van der Waals surface area contributed by atoms with Crippen LogP contribution >= 0.6 is 0 Å². The van der Waals surface area contributed by atoms with Gasteiger partial charge in [-0.25, -0.2) is 4.79 Å². The number of rotatable bonds is 2. The molecule has 2 aromatic rings. The fourth-order valence-corrected chi connectivity index (χ4v) is 2.65. The second-order valence-electron chi connectivity index (χ2n) is 5.08. The first-order chi connectivity index (χ1) is 9.69. The third-order valence-corrected chi connectivity index (χ3v) is 3.78. The van der Waals surface area contributed by atoms with Gasteiger partial charge in [-0.3, -0.25) is 4.68 Å². The highest BCUT2D eigenvalue weighted by molar-refractivity contribution is 6.00. The van der Waals surface area contributed by atoms with E-state index in [-0.39, 0.29) is 0 Å². The number of fused-ring (bicyclic) bond motifs is 1. The summed E-state index contributed by atoms with van der Waals surface area (Å²) >= 11 is 0. The van der Waals surface area contributed by atoms with E-state index < -0.39 is 5.97 Å². The Bertz CT molecular complexity index is 644. The van der Waals surface area contributed by atoms with Gasteiger partial charge in [-0.1, -0.05) is 0 Å². The van der Waals surface area contributed by atoms with Crippen molar-refractivity contribution < 1.29 is 9.53 Å². The van der Waals surface area contributed by atoms with Crippen molar-refractivity contribution >= 4 is 22.6 Å². The van der Waals surface area contributed by atoms with Crippen molar-refractivity contribution in [2.24, 2.45) is 0 Å². The van der Waals surface area contributed by atoms with Gasteiger partial charge in [0.2, 0.25) is 0 Å². The van der Waals surface area contributed by atoms with Gasteiger partial charge in [0, 0.05) is 17.3 Å². The predicted octanol–water partition coefficient (Wildman–Crippen LogP) is 1.33. The zero-order chi connectivity index (χ0) is 14.1. The van der Waals surface area contributed by atoms with Gasteiger partial charge in [0.05, 0.1) is 24.2 Å². The molecule has 0 spiro atoms. The van der Waals surface area contributed by atoms with E-state index in [1.165, 1.54) is 7.11 Å². The van der Waals surface area contributed by atoms with E-state index in [1.54, 1.807) is 12.1 Å². The summed E-state index contributed by atoms with van der Waals surface area (Å²) in [5, 5.41) is 8.87. The minimum atomic E-state index is -0.430. The lowest BCUT2D eigenvalue weighted by molar-refractivity contribution is 0.0602. The Morgan fingerprint density at radius 2 is 2.20 bits per heavy atom. The quantitative estimate of drug-likeness (QED) is 0.637. The van der Waals surface area contributed by atoms with E-state index in [2.05, 4.69) is 10.4 Å². The molecule has 0 saturated carbocycles. The highest BCUT2D eigenvalue weighted by Crippen LogP contribution is 2.25. The van der Waals surface area contributed by atoms with Gasteiger partial charge in [-0.15, -0.1) is 0 Å². The van der Waals surface area contributed by atoms with Crippen molar-refractivity contribution in [2.75, 3.05) is 25.9 Å². The van der Waals surface area contributed by atoms with Crippen molar-refractivity contribution in [1.82, 2.24) is 15.1 Å². The molecule has 0 unspecified atom stereocenters. The Morgan fingerprint density at radius 1 is 1.45 bits per heavy atom. The van der Waals surface area contributed by atoms with Crippen LogP contribution in [0.5, 0.6) is 0 Å². The maximum atomic E-state index is 11.6. The van der Waals surface area contributed by atoms with Crippen LogP contribution in [0.4, 0.5) is 5.69 Å². The SMILES string of the molecule is COC(=O)c1cc2nn(C3CCNCC3)cc2cc1N. The Labute approximate surface area is 116 Å². The standard InChI is InChI=1S/C14H18N4O2/c1-20-14(19)11-7-13-9(6-12(11)15)8-18(17-13)10-2-4-16-5-3-10/h6-8,10,16H,2-5,15H2,1H3. The monoisotopic (exact) mass is 274 g/mol.